The third-order valence-electron chi connectivity index (χ3n) is 9.25. The highest BCUT2D eigenvalue weighted by molar-refractivity contribution is 7.33. The summed E-state index contributed by atoms with van der Waals surface area (Å²) in [7, 11) is -3.44. The highest BCUT2D eigenvalue weighted by atomic mass is 31.1. The third kappa shape index (κ3) is 8.65. The third-order valence-corrected chi connectivity index (χ3v) is 10.4. The average Bonchev–Trinajstić information content (AvgIpc) is 3.12. The van der Waals surface area contributed by atoms with Gasteiger partial charge in [0.15, 0.2) is 11.2 Å². The van der Waals surface area contributed by atoms with Gasteiger partial charge in [0.2, 0.25) is 11.9 Å². The molecule has 0 unspecified atom stereocenters. The fraction of sp³-hybridized carbons (Fsp3) is 0.667. The van der Waals surface area contributed by atoms with Crippen LogP contribution in [0.3, 0.4) is 0 Å². The van der Waals surface area contributed by atoms with Crippen LogP contribution < -0.4 is 9.80 Å². The second kappa shape index (κ2) is 15.8. The van der Waals surface area contributed by atoms with Gasteiger partial charge >= 0.3 is 20.6 Å². The van der Waals surface area contributed by atoms with Crippen LogP contribution in [0.1, 0.15) is 64.5 Å². The first-order valence-corrected chi connectivity index (χ1v) is 17.5. The van der Waals surface area contributed by atoms with E-state index in [0.717, 1.165) is 0 Å². The number of halogens is 6. The first-order valence-electron chi connectivity index (χ1n) is 16.3. The molecule has 0 N–H and O–H groups in total. The number of hydrogen-bond donors (Lipinski definition) is 0. The first kappa shape index (κ1) is 39.2. The number of piperazine rings is 2. The summed E-state index contributed by atoms with van der Waals surface area (Å²) in [4.78, 5) is 49.3. The van der Waals surface area contributed by atoms with Crippen molar-refractivity contribution in [2.45, 2.75) is 76.9 Å². The predicted octanol–water partition coefficient (Wildman–Crippen LogP) is 4.84. The second-order valence-corrected chi connectivity index (χ2v) is 12.9. The van der Waals surface area contributed by atoms with Crippen LogP contribution in [-0.2, 0) is 35.6 Å². The van der Waals surface area contributed by atoms with E-state index in [0.29, 0.717) is 24.8 Å². The van der Waals surface area contributed by atoms with Crippen LogP contribution in [0.4, 0.5) is 38.2 Å². The Balaban J connectivity index is 1.37. The molecule has 2 fully saturated rings. The second-order valence-electron chi connectivity index (χ2n) is 12.0. The largest absolute Gasteiger partial charge is 0.419 e. The number of carbonyl (C=O) groups excluding carboxylic acids is 2. The molecule has 2 aliphatic heterocycles. The van der Waals surface area contributed by atoms with Crippen LogP contribution in [0.15, 0.2) is 24.8 Å². The standard InChI is InChI=1S/C30H41F6N8O5P/c1-5-27(6-2,23(45)41-9-13-43(14-10-41)25-37-17-21(18-38-25)29(31,32)33)48-50(47)49-28(7-3,8-4)24(46)42-11-15-44(16-12-42)26-39-19-22(20-40-26)30(34,35)36/h17-20,50H,5-16H2,1-4H3. The summed E-state index contributed by atoms with van der Waals surface area (Å²) in [5, 5.41) is 0. The van der Waals surface area contributed by atoms with Crippen LogP contribution in [0.25, 0.3) is 0 Å². The van der Waals surface area contributed by atoms with E-state index >= 15 is 0 Å². The molecule has 0 atom stereocenters. The maximum Gasteiger partial charge on any atom is 0.419 e. The predicted molar refractivity (Wildman–Crippen MR) is 169 cm³/mol. The Morgan fingerprint density at radius 1 is 0.600 bits per heavy atom. The van der Waals surface area contributed by atoms with E-state index in [1.54, 1.807) is 37.5 Å². The van der Waals surface area contributed by atoms with Gasteiger partial charge in [-0.25, -0.2) is 19.9 Å². The normalized spacial score (nSPS) is 16.7. The molecule has 4 heterocycles. The number of hydrogen-bond acceptors (Lipinski definition) is 11. The Kier molecular flexibility index (Phi) is 12.4. The number of alkyl halides is 6. The number of rotatable bonds is 12. The minimum absolute atomic E-state index is 0.103. The Morgan fingerprint density at radius 2 is 0.880 bits per heavy atom. The zero-order valence-corrected chi connectivity index (χ0v) is 29.2. The molecule has 20 heteroatoms. The van der Waals surface area contributed by atoms with Crippen molar-refractivity contribution in [2.75, 3.05) is 62.2 Å². The molecule has 0 spiro atoms. The zero-order chi connectivity index (χ0) is 36.9. The van der Waals surface area contributed by atoms with E-state index < -0.39 is 54.8 Å². The lowest BCUT2D eigenvalue weighted by atomic mass is 9.95. The first-order chi connectivity index (χ1) is 23.5. The summed E-state index contributed by atoms with van der Waals surface area (Å²) in [6.45, 7) is 8.56. The van der Waals surface area contributed by atoms with E-state index in [4.69, 9.17) is 9.05 Å². The fourth-order valence-electron chi connectivity index (χ4n) is 5.88. The summed E-state index contributed by atoms with van der Waals surface area (Å²) in [5.41, 5.74) is -4.97. The van der Waals surface area contributed by atoms with Gasteiger partial charge in [-0.2, -0.15) is 26.3 Å². The molecular formula is C30H41F6N8O5P. The van der Waals surface area contributed by atoms with Crippen molar-refractivity contribution in [3.63, 3.8) is 0 Å². The maximum atomic E-state index is 13.8. The molecule has 4 rings (SSSR count). The van der Waals surface area contributed by atoms with Crippen molar-refractivity contribution in [1.29, 1.82) is 0 Å². The van der Waals surface area contributed by atoms with Gasteiger partial charge < -0.3 is 19.6 Å². The molecule has 278 valence electrons. The SMILES string of the molecule is CCC(CC)(O[PH](=O)OC(CC)(CC)C(=O)N1CCN(c2ncc(C(F)(F)F)cn2)CC1)C(=O)N1CCN(c2ncc(C(F)(F)F)cn2)CC1. The van der Waals surface area contributed by atoms with Gasteiger partial charge in [0.25, 0.3) is 11.8 Å². The Bertz CT molecular complexity index is 1370. The lowest BCUT2D eigenvalue weighted by molar-refractivity contribution is -0.154. The molecule has 2 saturated heterocycles. The summed E-state index contributed by atoms with van der Waals surface area (Å²) in [6, 6.07) is 0. The Hall–Kier alpha value is -3.57. The molecule has 2 aliphatic rings. The lowest BCUT2D eigenvalue weighted by Gasteiger charge is -2.42. The van der Waals surface area contributed by atoms with E-state index in [9.17, 15) is 40.5 Å². The van der Waals surface area contributed by atoms with Crippen LogP contribution >= 0.6 is 8.25 Å². The molecule has 0 bridgehead atoms. The smallest absolute Gasteiger partial charge is 0.337 e. The highest BCUT2D eigenvalue weighted by Crippen LogP contribution is 2.43. The van der Waals surface area contributed by atoms with E-state index in [1.807, 2.05) is 0 Å². The van der Waals surface area contributed by atoms with Crippen LogP contribution in [0.2, 0.25) is 0 Å². The zero-order valence-electron chi connectivity index (χ0n) is 28.2. The molecule has 0 saturated carbocycles. The van der Waals surface area contributed by atoms with Gasteiger partial charge in [0, 0.05) is 77.1 Å². The Morgan fingerprint density at radius 3 is 1.12 bits per heavy atom. The molecule has 0 radical (unpaired) electrons. The fourth-order valence-corrected chi connectivity index (χ4v) is 7.31. The molecule has 13 nitrogen and oxygen atoms in total. The summed E-state index contributed by atoms with van der Waals surface area (Å²) in [6.07, 6.45) is -5.69. The van der Waals surface area contributed by atoms with Crippen LogP contribution in [-0.4, -0.2) is 105 Å². The van der Waals surface area contributed by atoms with Gasteiger partial charge in [-0.1, -0.05) is 27.7 Å². The van der Waals surface area contributed by atoms with E-state index in [2.05, 4.69) is 19.9 Å². The van der Waals surface area contributed by atoms with Crippen molar-refractivity contribution in [3.05, 3.63) is 35.9 Å². The van der Waals surface area contributed by atoms with Crippen LogP contribution in [0.5, 0.6) is 0 Å². The van der Waals surface area contributed by atoms with Gasteiger partial charge in [-0.15, -0.1) is 0 Å². The maximum absolute atomic E-state index is 13.8. The van der Waals surface area contributed by atoms with Gasteiger partial charge in [0.05, 0.1) is 11.1 Å². The number of amides is 2. The summed E-state index contributed by atoms with van der Waals surface area (Å²) in [5.74, 6) is -0.647. The average molecular weight is 739 g/mol. The number of anilines is 2. The van der Waals surface area contributed by atoms with E-state index in [-0.39, 0.29) is 89.9 Å². The van der Waals surface area contributed by atoms with Crippen molar-refractivity contribution in [1.82, 2.24) is 29.7 Å². The minimum Gasteiger partial charge on any atom is -0.337 e. The molecular weight excluding hydrogens is 697 g/mol. The van der Waals surface area contributed by atoms with Crippen molar-refractivity contribution < 1.29 is 49.5 Å². The highest BCUT2D eigenvalue weighted by Gasteiger charge is 2.46. The molecule has 50 heavy (non-hydrogen) atoms. The van der Waals surface area contributed by atoms with Gasteiger partial charge in [-0.05, 0) is 25.7 Å². The summed E-state index contributed by atoms with van der Waals surface area (Å²) < 4.78 is 103. The quantitative estimate of drug-likeness (QED) is 0.219. The molecule has 2 amide bonds. The Labute approximate surface area is 286 Å². The van der Waals surface area contributed by atoms with Crippen molar-refractivity contribution in [3.8, 4) is 0 Å². The molecule has 0 aromatic carbocycles. The summed E-state index contributed by atoms with van der Waals surface area (Å²) >= 11 is 0. The topological polar surface area (TPSA) is 134 Å². The van der Waals surface area contributed by atoms with Crippen molar-refractivity contribution in [2.24, 2.45) is 0 Å². The van der Waals surface area contributed by atoms with E-state index in [1.165, 1.54) is 9.80 Å². The van der Waals surface area contributed by atoms with Gasteiger partial charge in [-0.3, -0.25) is 23.2 Å². The minimum atomic E-state index is -4.56. The molecule has 2 aromatic rings. The van der Waals surface area contributed by atoms with Crippen molar-refractivity contribution >= 4 is 32.0 Å². The number of nitrogens with zero attached hydrogens (tertiary/aromatic N) is 8. The van der Waals surface area contributed by atoms with Crippen LogP contribution in [0, 0.1) is 0 Å². The number of carbonyl (C=O) groups is 2. The molecule has 0 aliphatic carbocycles. The lowest BCUT2D eigenvalue weighted by Crippen LogP contribution is -2.57. The molecule has 2 aromatic heterocycles. The van der Waals surface area contributed by atoms with Gasteiger partial charge in [0.1, 0.15) is 0 Å². The monoisotopic (exact) mass is 738 g/mol. The number of aromatic nitrogens is 4.